The zero-order valence-corrected chi connectivity index (χ0v) is 16.5. The van der Waals surface area contributed by atoms with Crippen molar-refractivity contribution in [2.24, 2.45) is 4.99 Å². The second-order valence-electron chi connectivity index (χ2n) is 4.32. The maximum absolute atomic E-state index is 5.21. The Bertz CT molecular complexity index is 655. The maximum Gasteiger partial charge on any atom is 0.191 e. The molecule has 0 aliphatic rings. The standard InChI is InChI=1S/C15H18N4S2.HI/c1-4-8-17-15(16-3)18-9-7-12-5-6-14(21-12)13-10-20-11(2)19-13;/h1,5-6,10H,7-9H2,2-3H3,(H2,16,17,18);1H. The molecule has 2 N–H and O–H groups in total. The van der Waals surface area contributed by atoms with E-state index in [4.69, 9.17) is 6.42 Å². The molecular weight excluding hydrogens is 427 g/mol. The van der Waals surface area contributed by atoms with Crippen LogP contribution < -0.4 is 10.6 Å². The average Bonchev–Trinajstić information content (AvgIpc) is 3.11. The lowest BCUT2D eigenvalue weighted by molar-refractivity contribution is 0.832. The van der Waals surface area contributed by atoms with Gasteiger partial charge in [-0.05, 0) is 25.5 Å². The van der Waals surface area contributed by atoms with Crippen LogP contribution >= 0.6 is 46.7 Å². The predicted molar refractivity (Wildman–Crippen MR) is 107 cm³/mol. The molecule has 2 heterocycles. The van der Waals surface area contributed by atoms with Crippen molar-refractivity contribution in [2.45, 2.75) is 13.3 Å². The number of terminal acetylenes is 1. The van der Waals surface area contributed by atoms with Crippen LogP contribution in [-0.2, 0) is 6.42 Å². The summed E-state index contributed by atoms with van der Waals surface area (Å²) < 4.78 is 0. The van der Waals surface area contributed by atoms with Gasteiger partial charge in [0, 0.05) is 23.8 Å². The first-order valence-corrected chi connectivity index (χ1v) is 8.31. The first kappa shape index (κ1) is 18.9. The smallest absolute Gasteiger partial charge is 0.191 e. The summed E-state index contributed by atoms with van der Waals surface area (Å²) in [5.74, 6) is 3.26. The van der Waals surface area contributed by atoms with Gasteiger partial charge in [0.1, 0.15) is 0 Å². The number of thiazole rings is 1. The lowest BCUT2D eigenvalue weighted by Crippen LogP contribution is -2.38. The quantitative estimate of drug-likeness (QED) is 0.321. The Morgan fingerprint density at radius 3 is 2.86 bits per heavy atom. The minimum atomic E-state index is 0. The third-order valence-electron chi connectivity index (χ3n) is 2.78. The number of thiophene rings is 1. The Hall–Kier alpha value is -1.11. The van der Waals surface area contributed by atoms with Crippen molar-refractivity contribution in [3.63, 3.8) is 0 Å². The minimum absolute atomic E-state index is 0. The highest BCUT2D eigenvalue weighted by atomic mass is 127. The van der Waals surface area contributed by atoms with E-state index in [0.29, 0.717) is 6.54 Å². The van der Waals surface area contributed by atoms with Crippen molar-refractivity contribution >= 4 is 52.6 Å². The topological polar surface area (TPSA) is 49.3 Å². The number of nitrogens with zero attached hydrogens (tertiary/aromatic N) is 2. The van der Waals surface area contributed by atoms with Crippen LogP contribution in [0.25, 0.3) is 10.6 Å². The van der Waals surface area contributed by atoms with Gasteiger partial charge in [-0.1, -0.05) is 5.92 Å². The van der Waals surface area contributed by atoms with Gasteiger partial charge in [0.2, 0.25) is 0 Å². The molecule has 0 fully saturated rings. The van der Waals surface area contributed by atoms with E-state index in [0.717, 1.165) is 29.6 Å². The molecule has 0 radical (unpaired) electrons. The van der Waals surface area contributed by atoms with Crippen molar-refractivity contribution < 1.29 is 0 Å². The number of rotatable bonds is 5. The molecule has 0 aliphatic heterocycles. The number of aryl methyl sites for hydroxylation is 1. The number of nitrogens with one attached hydrogen (secondary N) is 2. The Kier molecular flexibility index (Phi) is 8.45. The van der Waals surface area contributed by atoms with Crippen molar-refractivity contribution in [3.05, 3.63) is 27.4 Å². The molecule has 0 spiro atoms. The van der Waals surface area contributed by atoms with E-state index in [1.807, 2.05) is 6.92 Å². The number of aliphatic imine (C=N–C) groups is 1. The average molecular weight is 446 g/mol. The number of hydrogen-bond acceptors (Lipinski definition) is 4. The minimum Gasteiger partial charge on any atom is -0.356 e. The second-order valence-corrected chi connectivity index (χ2v) is 6.55. The number of hydrogen-bond donors (Lipinski definition) is 2. The first-order chi connectivity index (χ1) is 10.2. The van der Waals surface area contributed by atoms with E-state index in [-0.39, 0.29) is 24.0 Å². The van der Waals surface area contributed by atoms with Crippen LogP contribution in [0, 0.1) is 19.3 Å². The summed E-state index contributed by atoms with van der Waals surface area (Å²) >= 11 is 3.47. The molecule has 0 aliphatic carbocycles. The predicted octanol–water partition coefficient (Wildman–Crippen LogP) is 3.14. The highest BCUT2D eigenvalue weighted by molar-refractivity contribution is 14.0. The van der Waals surface area contributed by atoms with E-state index < -0.39 is 0 Å². The first-order valence-electron chi connectivity index (χ1n) is 6.62. The van der Waals surface area contributed by atoms with E-state index in [2.05, 4.69) is 44.0 Å². The fourth-order valence-corrected chi connectivity index (χ4v) is 3.44. The van der Waals surface area contributed by atoms with Crippen molar-refractivity contribution in [2.75, 3.05) is 20.1 Å². The molecule has 7 heteroatoms. The summed E-state index contributed by atoms with van der Waals surface area (Å²) in [6.07, 6.45) is 6.16. The molecule has 0 amide bonds. The van der Waals surface area contributed by atoms with Crippen molar-refractivity contribution in [3.8, 4) is 22.9 Å². The molecule has 2 aromatic heterocycles. The molecule has 0 aromatic carbocycles. The fourth-order valence-electron chi connectivity index (χ4n) is 1.79. The highest BCUT2D eigenvalue weighted by Crippen LogP contribution is 2.29. The molecule has 0 unspecified atom stereocenters. The molecule has 22 heavy (non-hydrogen) atoms. The van der Waals surface area contributed by atoms with Gasteiger partial charge in [0.25, 0.3) is 0 Å². The van der Waals surface area contributed by atoms with Gasteiger partial charge in [0.05, 0.1) is 22.1 Å². The van der Waals surface area contributed by atoms with Gasteiger partial charge in [-0.15, -0.1) is 53.1 Å². The molecule has 0 bridgehead atoms. The van der Waals surface area contributed by atoms with Crippen LogP contribution in [0.3, 0.4) is 0 Å². The number of halogens is 1. The largest absolute Gasteiger partial charge is 0.356 e. The monoisotopic (exact) mass is 446 g/mol. The number of aromatic nitrogens is 1. The van der Waals surface area contributed by atoms with Crippen LogP contribution in [0.4, 0.5) is 0 Å². The fraction of sp³-hybridized carbons (Fsp3) is 0.333. The number of guanidine groups is 1. The molecule has 118 valence electrons. The van der Waals surface area contributed by atoms with E-state index >= 15 is 0 Å². The summed E-state index contributed by atoms with van der Waals surface area (Å²) in [6.45, 7) is 3.33. The third-order valence-corrected chi connectivity index (χ3v) is 4.72. The lowest BCUT2D eigenvalue weighted by Gasteiger charge is -2.08. The van der Waals surface area contributed by atoms with E-state index in [1.165, 1.54) is 9.75 Å². The van der Waals surface area contributed by atoms with Gasteiger partial charge in [-0.2, -0.15) is 0 Å². The van der Waals surface area contributed by atoms with Crippen molar-refractivity contribution in [1.29, 1.82) is 0 Å². The van der Waals surface area contributed by atoms with E-state index in [1.54, 1.807) is 29.7 Å². The molecule has 0 atom stereocenters. The molecule has 0 saturated carbocycles. The summed E-state index contributed by atoms with van der Waals surface area (Å²) in [4.78, 5) is 11.2. The Balaban J connectivity index is 0.00000242. The van der Waals surface area contributed by atoms with Crippen LogP contribution in [0.15, 0.2) is 22.5 Å². The highest BCUT2D eigenvalue weighted by Gasteiger charge is 2.06. The van der Waals surface area contributed by atoms with E-state index in [9.17, 15) is 0 Å². The Labute approximate surface area is 156 Å². The van der Waals surface area contributed by atoms with Crippen LogP contribution in [0.1, 0.15) is 9.88 Å². The van der Waals surface area contributed by atoms with Gasteiger partial charge in [-0.3, -0.25) is 4.99 Å². The molecular formula is C15H19IN4S2. The summed E-state index contributed by atoms with van der Waals surface area (Å²) in [5, 5.41) is 9.49. The molecule has 0 saturated heterocycles. The normalized spacial score (nSPS) is 10.7. The van der Waals surface area contributed by atoms with Gasteiger partial charge in [0.15, 0.2) is 5.96 Å². The zero-order chi connectivity index (χ0) is 15.1. The van der Waals surface area contributed by atoms with Crippen LogP contribution in [0.5, 0.6) is 0 Å². The molecule has 2 aromatic rings. The summed E-state index contributed by atoms with van der Waals surface area (Å²) in [6, 6.07) is 4.30. The molecule has 2 rings (SSSR count). The maximum atomic E-state index is 5.21. The molecule has 4 nitrogen and oxygen atoms in total. The Morgan fingerprint density at radius 1 is 1.41 bits per heavy atom. The summed E-state index contributed by atoms with van der Waals surface area (Å²) in [5.41, 5.74) is 1.08. The zero-order valence-electron chi connectivity index (χ0n) is 12.5. The Morgan fingerprint density at radius 2 is 2.23 bits per heavy atom. The summed E-state index contributed by atoms with van der Waals surface area (Å²) in [7, 11) is 1.74. The van der Waals surface area contributed by atoms with Gasteiger partial charge < -0.3 is 10.6 Å². The van der Waals surface area contributed by atoms with Crippen LogP contribution in [0.2, 0.25) is 0 Å². The SMILES string of the molecule is C#CCNC(=NC)NCCc1ccc(-c2csc(C)n2)s1.I. The van der Waals surface area contributed by atoms with Crippen molar-refractivity contribution in [1.82, 2.24) is 15.6 Å². The van der Waals surface area contributed by atoms with Gasteiger partial charge in [-0.25, -0.2) is 4.98 Å². The third kappa shape index (κ3) is 5.59. The van der Waals surface area contributed by atoms with Crippen LogP contribution in [-0.4, -0.2) is 31.1 Å². The lowest BCUT2D eigenvalue weighted by atomic mass is 10.3. The van der Waals surface area contributed by atoms with Gasteiger partial charge >= 0.3 is 0 Å². The second kappa shape index (κ2) is 9.82.